The van der Waals surface area contributed by atoms with Crippen LogP contribution in [-0.2, 0) is 6.54 Å². The van der Waals surface area contributed by atoms with Crippen molar-refractivity contribution >= 4 is 5.91 Å². The lowest BCUT2D eigenvalue weighted by Gasteiger charge is -2.13. The molecule has 5 heteroatoms. The Kier molecular flexibility index (Phi) is 5.15. The van der Waals surface area contributed by atoms with Crippen LogP contribution in [0, 0.1) is 5.92 Å². The first kappa shape index (κ1) is 18.3. The molecule has 5 nitrogen and oxygen atoms in total. The first-order chi connectivity index (χ1) is 13.7. The Balaban J connectivity index is 1.70. The van der Waals surface area contributed by atoms with E-state index in [1.807, 2.05) is 53.3 Å². The zero-order valence-corrected chi connectivity index (χ0v) is 16.3. The van der Waals surface area contributed by atoms with Crippen LogP contribution in [0.2, 0.25) is 0 Å². The first-order valence-electron chi connectivity index (χ1n) is 9.71. The van der Waals surface area contributed by atoms with Gasteiger partial charge < -0.3 is 10.1 Å². The minimum Gasteiger partial charge on any atom is -0.496 e. The molecule has 1 aliphatic carbocycles. The molecule has 1 fully saturated rings. The van der Waals surface area contributed by atoms with Crippen LogP contribution in [0.25, 0.3) is 11.3 Å². The van der Waals surface area contributed by atoms with Crippen molar-refractivity contribution < 1.29 is 9.53 Å². The van der Waals surface area contributed by atoms with E-state index in [0.29, 0.717) is 29.5 Å². The van der Waals surface area contributed by atoms with Crippen molar-refractivity contribution in [2.24, 2.45) is 5.92 Å². The lowest BCUT2D eigenvalue weighted by Crippen LogP contribution is -2.34. The zero-order chi connectivity index (χ0) is 19.5. The molecule has 1 amide bonds. The molecule has 0 spiro atoms. The van der Waals surface area contributed by atoms with Gasteiger partial charge in [0, 0.05) is 17.8 Å². The molecule has 28 heavy (non-hydrogen) atoms. The van der Waals surface area contributed by atoms with Gasteiger partial charge in [-0.15, -0.1) is 0 Å². The summed E-state index contributed by atoms with van der Waals surface area (Å²) in [5, 5.41) is 7.90. The van der Waals surface area contributed by atoms with Gasteiger partial charge in [-0.05, 0) is 43.4 Å². The van der Waals surface area contributed by atoms with Gasteiger partial charge >= 0.3 is 0 Å². The van der Waals surface area contributed by atoms with Gasteiger partial charge in [0.1, 0.15) is 11.4 Å². The number of para-hydroxylation sites is 1. The first-order valence-corrected chi connectivity index (χ1v) is 9.71. The second-order valence-corrected chi connectivity index (χ2v) is 7.37. The Hall–Kier alpha value is -3.08. The van der Waals surface area contributed by atoms with Crippen molar-refractivity contribution in [3.8, 4) is 17.0 Å². The summed E-state index contributed by atoms with van der Waals surface area (Å²) in [4.78, 5) is 13.0. The summed E-state index contributed by atoms with van der Waals surface area (Å²) in [6, 6.07) is 18.0. The summed E-state index contributed by atoms with van der Waals surface area (Å²) in [6.45, 7) is 2.68. The number of nitrogens with one attached hydrogen (secondary N) is 1. The van der Waals surface area contributed by atoms with Gasteiger partial charge in [0.15, 0.2) is 0 Å². The Morgan fingerprint density at radius 1 is 1.18 bits per heavy atom. The number of carbonyl (C=O) groups excluding carboxylic acids is 1. The molecule has 144 valence electrons. The molecule has 0 aliphatic heterocycles. The summed E-state index contributed by atoms with van der Waals surface area (Å²) in [5.74, 6) is 1.22. The number of carbonyl (C=O) groups is 1. The maximum atomic E-state index is 13.0. The molecule has 1 heterocycles. The predicted molar refractivity (Wildman–Crippen MR) is 109 cm³/mol. The highest BCUT2D eigenvalue weighted by Gasteiger charge is 2.30. The minimum absolute atomic E-state index is 0.0837. The van der Waals surface area contributed by atoms with E-state index in [2.05, 4.69) is 24.4 Å². The molecule has 1 saturated carbocycles. The number of rotatable bonds is 7. The van der Waals surface area contributed by atoms with Gasteiger partial charge in [-0.25, -0.2) is 0 Å². The number of nitrogens with zero attached hydrogens (tertiary/aromatic N) is 2. The van der Waals surface area contributed by atoms with Crippen LogP contribution in [-0.4, -0.2) is 28.8 Å². The van der Waals surface area contributed by atoms with E-state index in [1.165, 1.54) is 12.8 Å². The van der Waals surface area contributed by atoms with Crippen LogP contribution < -0.4 is 10.1 Å². The normalized spacial score (nSPS) is 14.5. The van der Waals surface area contributed by atoms with Crippen molar-refractivity contribution in [3.63, 3.8) is 0 Å². The van der Waals surface area contributed by atoms with Crippen molar-refractivity contribution in [2.75, 3.05) is 7.11 Å². The number of hydrogen-bond donors (Lipinski definition) is 1. The summed E-state index contributed by atoms with van der Waals surface area (Å²) < 4.78 is 7.34. The van der Waals surface area contributed by atoms with Gasteiger partial charge in [0.05, 0.1) is 19.2 Å². The summed E-state index contributed by atoms with van der Waals surface area (Å²) in [7, 11) is 1.63. The SMILES string of the molecule is COc1ccccc1-c1nn(Cc2ccccc2)cc1C(=O)N[C@@H](C)C1CC1. The molecule has 1 atom stereocenters. The number of amides is 1. The molecule has 1 N–H and O–H groups in total. The van der Waals surface area contributed by atoms with Gasteiger partial charge in [0.25, 0.3) is 5.91 Å². The molecular weight excluding hydrogens is 350 g/mol. The van der Waals surface area contributed by atoms with Crippen molar-refractivity contribution in [1.82, 2.24) is 15.1 Å². The highest BCUT2D eigenvalue weighted by molar-refractivity contribution is 6.00. The zero-order valence-electron chi connectivity index (χ0n) is 16.3. The van der Waals surface area contributed by atoms with Gasteiger partial charge in [0.2, 0.25) is 0 Å². The minimum atomic E-state index is -0.0837. The third kappa shape index (κ3) is 3.93. The molecule has 0 unspecified atom stereocenters. The van der Waals surface area contributed by atoms with Gasteiger partial charge in [-0.1, -0.05) is 42.5 Å². The lowest BCUT2D eigenvalue weighted by molar-refractivity contribution is 0.0936. The van der Waals surface area contributed by atoms with E-state index >= 15 is 0 Å². The number of hydrogen-bond acceptors (Lipinski definition) is 3. The molecular formula is C23H25N3O2. The van der Waals surface area contributed by atoms with Crippen molar-refractivity contribution in [3.05, 3.63) is 71.9 Å². The fraction of sp³-hybridized carbons (Fsp3) is 0.304. The van der Waals surface area contributed by atoms with Crippen molar-refractivity contribution in [1.29, 1.82) is 0 Å². The van der Waals surface area contributed by atoms with E-state index in [9.17, 15) is 4.79 Å². The highest BCUT2D eigenvalue weighted by atomic mass is 16.5. The Bertz CT molecular complexity index is 961. The third-order valence-electron chi connectivity index (χ3n) is 5.24. The highest BCUT2D eigenvalue weighted by Crippen LogP contribution is 2.34. The number of benzene rings is 2. The second-order valence-electron chi connectivity index (χ2n) is 7.37. The van der Waals surface area contributed by atoms with Crippen LogP contribution in [0.4, 0.5) is 0 Å². The average Bonchev–Trinajstić information content (AvgIpc) is 3.49. The van der Waals surface area contributed by atoms with Crippen LogP contribution >= 0.6 is 0 Å². The van der Waals surface area contributed by atoms with Crippen LogP contribution in [0.1, 0.15) is 35.7 Å². The maximum Gasteiger partial charge on any atom is 0.255 e. The van der Waals surface area contributed by atoms with E-state index in [0.717, 1.165) is 11.1 Å². The largest absolute Gasteiger partial charge is 0.496 e. The summed E-state index contributed by atoms with van der Waals surface area (Å²) in [5.41, 5.74) is 3.18. The van der Waals surface area contributed by atoms with Gasteiger partial charge in [-0.2, -0.15) is 5.10 Å². The lowest BCUT2D eigenvalue weighted by atomic mass is 10.1. The predicted octanol–water partition coefficient (Wildman–Crippen LogP) is 4.14. The molecule has 1 aromatic heterocycles. The molecule has 1 aliphatic rings. The summed E-state index contributed by atoms with van der Waals surface area (Å²) >= 11 is 0. The van der Waals surface area contributed by atoms with Crippen molar-refractivity contribution in [2.45, 2.75) is 32.4 Å². The number of ether oxygens (including phenoxy) is 1. The van der Waals surface area contributed by atoms with Gasteiger partial charge in [-0.3, -0.25) is 9.48 Å². The van der Waals surface area contributed by atoms with Crippen LogP contribution in [0.15, 0.2) is 60.8 Å². The topological polar surface area (TPSA) is 56.2 Å². The quantitative estimate of drug-likeness (QED) is 0.675. The smallest absolute Gasteiger partial charge is 0.255 e. The fourth-order valence-electron chi connectivity index (χ4n) is 3.48. The molecule has 4 rings (SSSR count). The molecule has 0 bridgehead atoms. The molecule has 3 aromatic rings. The number of aromatic nitrogens is 2. The monoisotopic (exact) mass is 375 g/mol. The standard InChI is InChI=1S/C23H25N3O2/c1-16(18-12-13-18)24-23(27)20-15-26(14-17-8-4-3-5-9-17)25-22(20)19-10-6-7-11-21(19)28-2/h3-11,15-16,18H,12-14H2,1-2H3,(H,24,27)/t16-/m0/s1. The second kappa shape index (κ2) is 7.89. The summed E-state index contributed by atoms with van der Waals surface area (Å²) in [6.07, 6.45) is 4.21. The molecule has 0 radical (unpaired) electrons. The Morgan fingerprint density at radius 3 is 2.61 bits per heavy atom. The number of methoxy groups -OCH3 is 1. The maximum absolute atomic E-state index is 13.0. The van der Waals surface area contributed by atoms with E-state index in [-0.39, 0.29) is 11.9 Å². The fourth-order valence-corrected chi connectivity index (χ4v) is 3.48. The van der Waals surface area contributed by atoms with E-state index in [4.69, 9.17) is 9.84 Å². The average molecular weight is 375 g/mol. The van der Waals surface area contributed by atoms with E-state index in [1.54, 1.807) is 7.11 Å². The van der Waals surface area contributed by atoms with Crippen LogP contribution in [0.3, 0.4) is 0 Å². The third-order valence-corrected chi connectivity index (χ3v) is 5.24. The van der Waals surface area contributed by atoms with E-state index < -0.39 is 0 Å². The molecule has 2 aromatic carbocycles. The Labute approximate surface area is 165 Å². The molecule has 0 saturated heterocycles. The Morgan fingerprint density at radius 2 is 1.89 bits per heavy atom. The van der Waals surface area contributed by atoms with Crippen LogP contribution in [0.5, 0.6) is 5.75 Å².